The highest BCUT2D eigenvalue weighted by atomic mass is 35.5. The molecule has 0 amide bonds. The van der Waals surface area contributed by atoms with Crippen LogP contribution in [0, 0.1) is 0 Å². The van der Waals surface area contributed by atoms with E-state index in [9.17, 15) is 23.1 Å². The van der Waals surface area contributed by atoms with Crippen molar-refractivity contribution < 1.29 is 27.8 Å². The first kappa shape index (κ1) is 22.9. The number of benzene rings is 1. The molecule has 4 rings (SSSR count). The van der Waals surface area contributed by atoms with E-state index in [2.05, 4.69) is 10.1 Å². The van der Waals surface area contributed by atoms with Crippen LogP contribution in [-0.2, 0) is 12.7 Å². The number of pyridine rings is 1. The number of methoxy groups -OCH3 is 2. The number of hydrogen-bond acceptors (Lipinski definition) is 7. The molecule has 0 saturated carbocycles. The van der Waals surface area contributed by atoms with Gasteiger partial charge in [0, 0.05) is 30.4 Å². The van der Waals surface area contributed by atoms with E-state index < -0.39 is 23.4 Å². The number of aromatic nitrogens is 3. The molecule has 0 radical (unpaired) electrons. The molecule has 0 spiro atoms. The summed E-state index contributed by atoms with van der Waals surface area (Å²) in [6.45, 7) is 0.343. The predicted molar refractivity (Wildman–Crippen MR) is 113 cm³/mol. The topological polar surface area (TPSA) is 89.7 Å². The Hall–Kier alpha value is -3.31. The highest BCUT2D eigenvalue weighted by Gasteiger charge is 2.32. The lowest BCUT2D eigenvalue weighted by Gasteiger charge is -2.35. The fraction of sp³-hybridized carbons (Fsp3) is 0.286. The summed E-state index contributed by atoms with van der Waals surface area (Å²) in [5.41, 5.74) is -0.217. The van der Waals surface area contributed by atoms with E-state index in [1.54, 1.807) is 17.0 Å². The van der Waals surface area contributed by atoms with E-state index in [1.807, 2.05) is 0 Å². The molecule has 0 aliphatic carbocycles. The van der Waals surface area contributed by atoms with Crippen LogP contribution in [0.3, 0.4) is 0 Å². The Morgan fingerprint density at radius 1 is 1.12 bits per heavy atom. The summed E-state index contributed by atoms with van der Waals surface area (Å²) in [6, 6.07) is 5.24. The van der Waals surface area contributed by atoms with Crippen molar-refractivity contribution in [1.29, 1.82) is 0 Å². The van der Waals surface area contributed by atoms with Crippen LogP contribution in [0.4, 0.5) is 18.9 Å². The average Bonchev–Trinajstić information content (AvgIpc) is 2.79. The third kappa shape index (κ3) is 4.09. The number of rotatable bonds is 4. The number of hydrogen-bond donors (Lipinski definition) is 1. The zero-order valence-electron chi connectivity index (χ0n) is 17.4. The SMILES string of the molecule is COc1ccc(OC)c2c1CN(c1cnn(-c3ccc(C(F)(F)F)cn3)c(=O)c1Cl)CC2O. The molecule has 0 fully saturated rings. The van der Waals surface area contributed by atoms with Gasteiger partial charge in [-0.25, -0.2) is 4.98 Å². The van der Waals surface area contributed by atoms with Crippen LogP contribution >= 0.6 is 11.6 Å². The molecule has 0 bridgehead atoms. The monoisotopic (exact) mass is 482 g/mol. The van der Waals surface area contributed by atoms with Crippen molar-refractivity contribution >= 4 is 17.3 Å². The number of aliphatic hydroxyl groups excluding tert-OH is 1. The molecule has 33 heavy (non-hydrogen) atoms. The number of nitrogens with zero attached hydrogens (tertiary/aromatic N) is 4. The lowest BCUT2D eigenvalue weighted by Crippen LogP contribution is -2.36. The van der Waals surface area contributed by atoms with Crippen molar-refractivity contribution in [2.24, 2.45) is 0 Å². The third-order valence-electron chi connectivity index (χ3n) is 5.32. The van der Waals surface area contributed by atoms with Gasteiger partial charge in [-0.3, -0.25) is 4.79 Å². The molecule has 0 saturated heterocycles. The molecule has 3 heterocycles. The molecule has 1 aliphatic rings. The maximum Gasteiger partial charge on any atom is 0.417 e. The maximum absolute atomic E-state index is 12.8. The predicted octanol–water partition coefficient (Wildman–Crippen LogP) is 3.37. The van der Waals surface area contributed by atoms with Crippen molar-refractivity contribution in [3.63, 3.8) is 0 Å². The first-order valence-corrected chi connectivity index (χ1v) is 10.0. The van der Waals surface area contributed by atoms with E-state index in [1.165, 1.54) is 20.4 Å². The Morgan fingerprint density at radius 3 is 2.42 bits per heavy atom. The lowest BCUT2D eigenvalue weighted by molar-refractivity contribution is -0.137. The number of alkyl halides is 3. The van der Waals surface area contributed by atoms with Crippen molar-refractivity contribution in [1.82, 2.24) is 14.8 Å². The summed E-state index contributed by atoms with van der Waals surface area (Å²) >= 11 is 6.33. The van der Waals surface area contributed by atoms with Gasteiger partial charge in [-0.1, -0.05) is 11.6 Å². The maximum atomic E-state index is 12.8. The summed E-state index contributed by atoms with van der Waals surface area (Å²) in [7, 11) is 3.00. The van der Waals surface area contributed by atoms with Crippen LogP contribution < -0.4 is 19.9 Å². The molecule has 2 aromatic heterocycles. The summed E-state index contributed by atoms with van der Waals surface area (Å²) in [6.07, 6.45) is -3.61. The van der Waals surface area contributed by atoms with E-state index >= 15 is 0 Å². The Bertz CT molecular complexity index is 1250. The smallest absolute Gasteiger partial charge is 0.417 e. The van der Waals surface area contributed by atoms with Gasteiger partial charge < -0.3 is 19.5 Å². The molecule has 8 nitrogen and oxygen atoms in total. The number of fused-ring (bicyclic) bond motifs is 1. The fourth-order valence-corrected chi connectivity index (χ4v) is 3.99. The van der Waals surface area contributed by atoms with Gasteiger partial charge in [0.15, 0.2) is 5.82 Å². The van der Waals surface area contributed by atoms with Gasteiger partial charge in [0.1, 0.15) is 22.6 Å². The molecule has 1 N–H and O–H groups in total. The number of β-amino-alcohol motifs (C(OH)–C–C–N with tert-alkyl or cyclic N) is 1. The fourth-order valence-electron chi connectivity index (χ4n) is 3.75. The molecule has 1 aromatic carbocycles. The zero-order valence-corrected chi connectivity index (χ0v) is 18.2. The van der Waals surface area contributed by atoms with Gasteiger partial charge in [0.2, 0.25) is 0 Å². The summed E-state index contributed by atoms with van der Waals surface area (Å²) in [4.78, 5) is 18.2. The van der Waals surface area contributed by atoms with Crippen LogP contribution in [0.15, 0.2) is 41.5 Å². The standard InChI is InChI=1S/C21H18ClF3N4O4/c1-32-15-4-5-16(33-2)18-12(15)9-28(10-14(18)30)13-8-27-29(20(31)19(13)22)17-6-3-11(7-26-17)21(23,24)25/h3-8,14,30H,9-10H2,1-2H3. The third-order valence-corrected chi connectivity index (χ3v) is 5.68. The van der Waals surface area contributed by atoms with Crippen molar-refractivity contribution in [2.75, 3.05) is 25.7 Å². The molecule has 3 aromatic rings. The summed E-state index contributed by atoms with van der Waals surface area (Å²) < 4.78 is 49.9. The average molecular weight is 483 g/mol. The molecule has 1 atom stereocenters. The molecule has 1 aliphatic heterocycles. The van der Waals surface area contributed by atoms with Gasteiger partial charge >= 0.3 is 6.18 Å². The Kier molecular flexibility index (Phi) is 5.93. The minimum atomic E-state index is -4.56. The van der Waals surface area contributed by atoms with Crippen LogP contribution in [0.5, 0.6) is 11.5 Å². The molecule has 174 valence electrons. The number of halogens is 4. The highest BCUT2D eigenvalue weighted by Crippen LogP contribution is 2.41. The van der Waals surface area contributed by atoms with Crippen molar-refractivity contribution in [3.05, 3.63) is 68.7 Å². The Morgan fingerprint density at radius 2 is 1.82 bits per heavy atom. The van der Waals surface area contributed by atoms with Gasteiger partial charge in [0.25, 0.3) is 5.56 Å². The second-order valence-electron chi connectivity index (χ2n) is 7.22. The summed E-state index contributed by atoms with van der Waals surface area (Å²) in [5, 5.41) is 14.6. The minimum Gasteiger partial charge on any atom is -0.496 e. The van der Waals surface area contributed by atoms with E-state index in [0.29, 0.717) is 28.8 Å². The lowest BCUT2D eigenvalue weighted by atomic mass is 9.95. The normalized spacial score (nSPS) is 15.8. The summed E-state index contributed by atoms with van der Waals surface area (Å²) in [5.74, 6) is 0.920. The quantitative estimate of drug-likeness (QED) is 0.610. The Balaban J connectivity index is 1.71. The van der Waals surface area contributed by atoms with Crippen LogP contribution in [0.2, 0.25) is 5.02 Å². The molecule has 12 heteroatoms. The molecular formula is C21H18ClF3N4O4. The van der Waals surface area contributed by atoms with Gasteiger partial charge in [-0.2, -0.15) is 23.0 Å². The number of anilines is 1. The van der Waals surface area contributed by atoms with E-state index in [4.69, 9.17) is 21.1 Å². The van der Waals surface area contributed by atoms with Gasteiger partial charge in [-0.05, 0) is 24.3 Å². The van der Waals surface area contributed by atoms with Gasteiger partial charge in [0.05, 0.1) is 31.7 Å². The van der Waals surface area contributed by atoms with E-state index in [-0.39, 0.29) is 29.6 Å². The van der Waals surface area contributed by atoms with Gasteiger partial charge in [-0.15, -0.1) is 0 Å². The minimum absolute atomic E-state index is 0.0971. The molecule has 1 unspecified atom stereocenters. The number of ether oxygens (including phenoxy) is 2. The second kappa shape index (κ2) is 8.56. The van der Waals surface area contributed by atoms with Crippen LogP contribution in [-0.4, -0.2) is 40.6 Å². The first-order valence-electron chi connectivity index (χ1n) is 9.64. The van der Waals surface area contributed by atoms with Crippen LogP contribution in [0.25, 0.3) is 5.82 Å². The van der Waals surface area contributed by atoms with E-state index in [0.717, 1.165) is 16.8 Å². The Labute approximate surface area is 190 Å². The molecular weight excluding hydrogens is 465 g/mol. The zero-order chi connectivity index (χ0) is 23.9. The van der Waals surface area contributed by atoms with Crippen LogP contribution in [0.1, 0.15) is 22.8 Å². The second-order valence-corrected chi connectivity index (χ2v) is 7.60. The largest absolute Gasteiger partial charge is 0.496 e. The highest BCUT2D eigenvalue weighted by molar-refractivity contribution is 6.33. The first-order chi connectivity index (χ1) is 15.7. The number of aliphatic hydroxyl groups is 1. The van der Waals surface area contributed by atoms with Crippen molar-refractivity contribution in [3.8, 4) is 17.3 Å². The van der Waals surface area contributed by atoms with Crippen molar-refractivity contribution in [2.45, 2.75) is 18.8 Å².